The highest BCUT2D eigenvalue weighted by atomic mass is 35.5. The fourth-order valence-electron chi connectivity index (χ4n) is 2.09. The first kappa shape index (κ1) is 14.0. The number of carbonyl (C=O) groups is 1. The number of rotatable bonds is 3. The first-order chi connectivity index (χ1) is 10.1. The molecule has 0 aliphatic heterocycles. The fourth-order valence-corrected chi connectivity index (χ4v) is 3.09. The molecule has 1 aromatic carbocycles. The Kier molecular flexibility index (Phi) is 3.90. The number of hydrogen-bond donors (Lipinski definition) is 1. The number of aromatic nitrogens is 1. The van der Waals surface area contributed by atoms with E-state index in [-0.39, 0.29) is 5.91 Å². The number of fused-ring (bicyclic) bond motifs is 1. The maximum absolute atomic E-state index is 12.2. The lowest BCUT2D eigenvalue weighted by Gasteiger charge is -2.06. The first-order valence-corrected chi connectivity index (χ1v) is 7.77. The minimum atomic E-state index is -0.0837. The number of aryl methyl sites for hydroxylation is 1. The number of hydrogen-bond acceptors (Lipinski definition) is 3. The number of pyridine rings is 1. The normalized spacial score (nSPS) is 10.8. The Bertz CT molecular complexity index is 813. The summed E-state index contributed by atoms with van der Waals surface area (Å²) in [6, 6.07) is 11.0. The standard InChI is InChI=1S/C16H13ClN2OS/c1-10-6-7-21-14(10)9-18-16(20)12-2-4-13-11(8-12)3-5-15(17)19-13/h2-8H,9H2,1H3,(H,18,20). The molecule has 1 amide bonds. The van der Waals surface area contributed by atoms with Gasteiger partial charge in [0.25, 0.3) is 5.91 Å². The maximum Gasteiger partial charge on any atom is 0.251 e. The molecule has 3 aromatic rings. The van der Waals surface area contributed by atoms with Crippen molar-refractivity contribution in [3.8, 4) is 0 Å². The van der Waals surface area contributed by atoms with Crippen LogP contribution in [0.4, 0.5) is 0 Å². The monoisotopic (exact) mass is 316 g/mol. The van der Waals surface area contributed by atoms with E-state index in [1.54, 1.807) is 23.5 Å². The molecular formula is C16H13ClN2OS. The van der Waals surface area contributed by atoms with E-state index >= 15 is 0 Å². The van der Waals surface area contributed by atoms with Crippen LogP contribution in [0, 0.1) is 6.92 Å². The number of carbonyl (C=O) groups excluding carboxylic acids is 1. The number of nitrogens with zero attached hydrogens (tertiary/aromatic N) is 1. The smallest absolute Gasteiger partial charge is 0.251 e. The van der Waals surface area contributed by atoms with Crippen LogP contribution >= 0.6 is 22.9 Å². The van der Waals surface area contributed by atoms with Gasteiger partial charge in [-0.05, 0) is 54.3 Å². The minimum absolute atomic E-state index is 0.0837. The molecule has 0 atom stereocenters. The molecule has 0 unspecified atom stereocenters. The summed E-state index contributed by atoms with van der Waals surface area (Å²) in [4.78, 5) is 17.6. The highest BCUT2D eigenvalue weighted by molar-refractivity contribution is 7.10. The van der Waals surface area contributed by atoms with E-state index in [4.69, 9.17) is 11.6 Å². The van der Waals surface area contributed by atoms with E-state index in [1.807, 2.05) is 30.5 Å². The van der Waals surface area contributed by atoms with Gasteiger partial charge in [0.05, 0.1) is 12.1 Å². The van der Waals surface area contributed by atoms with Gasteiger partial charge in [-0.3, -0.25) is 4.79 Å². The molecule has 5 heteroatoms. The highest BCUT2D eigenvalue weighted by Gasteiger charge is 2.08. The summed E-state index contributed by atoms with van der Waals surface area (Å²) >= 11 is 7.50. The SMILES string of the molecule is Cc1ccsc1CNC(=O)c1ccc2nc(Cl)ccc2c1. The van der Waals surface area contributed by atoms with E-state index in [0.717, 1.165) is 10.9 Å². The van der Waals surface area contributed by atoms with Crippen LogP contribution in [0.1, 0.15) is 20.8 Å². The Labute approximate surface area is 131 Å². The molecule has 1 N–H and O–H groups in total. The molecule has 0 aliphatic rings. The Balaban J connectivity index is 1.78. The number of amides is 1. The predicted molar refractivity (Wildman–Crippen MR) is 87.0 cm³/mol. The average molecular weight is 317 g/mol. The second-order valence-electron chi connectivity index (χ2n) is 4.75. The lowest BCUT2D eigenvalue weighted by atomic mass is 10.1. The fraction of sp³-hybridized carbons (Fsp3) is 0.125. The summed E-state index contributed by atoms with van der Waals surface area (Å²) in [7, 11) is 0. The second kappa shape index (κ2) is 5.84. The van der Waals surface area contributed by atoms with Crippen LogP contribution in [-0.2, 0) is 6.54 Å². The van der Waals surface area contributed by atoms with Crippen molar-refractivity contribution in [1.29, 1.82) is 0 Å². The summed E-state index contributed by atoms with van der Waals surface area (Å²) in [6.45, 7) is 2.60. The third kappa shape index (κ3) is 3.06. The number of benzene rings is 1. The number of nitrogens with one attached hydrogen (secondary N) is 1. The number of halogens is 1. The molecule has 0 bridgehead atoms. The van der Waals surface area contributed by atoms with Crippen molar-refractivity contribution < 1.29 is 4.79 Å². The summed E-state index contributed by atoms with van der Waals surface area (Å²) < 4.78 is 0. The Hall–Kier alpha value is -1.91. The van der Waals surface area contributed by atoms with Crippen molar-refractivity contribution in [1.82, 2.24) is 10.3 Å². The molecule has 0 aliphatic carbocycles. The van der Waals surface area contributed by atoms with Crippen molar-refractivity contribution in [2.45, 2.75) is 13.5 Å². The maximum atomic E-state index is 12.2. The van der Waals surface area contributed by atoms with E-state index in [0.29, 0.717) is 17.3 Å². The van der Waals surface area contributed by atoms with Gasteiger partial charge in [-0.2, -0.15) is 0 Å². The Morgan fingerprint density at radius 2 is 2.14 bits per heavy atom. The van der Waals surface area contributed by atoms with Crippen molar-refractivity contribution in [2.75, 3.05) is 0 Å². The van der Waals surface area contributed by atoms with Crippen LogP contribution in [-0.4, -0.2) is 10.9 Å². The minimum Gasteiger partial charge on any atom is -0.347 e. The van der Waals surface area contributed by atoms with Crippen molar-refractivity contribution in [3.63, 3.8) is 0 Å². The van der Waals surface area contributed by atoms with Gasteiger partial charge in [0.1, 0.15) is 5.15 Å². The molecular weight excluding hydrogens is 304 g/mol. The molecule has 3 nitrogen and oxygen atoms in total. The van der Waals surface area contributed by atoms with Crippen molar-refractivity contribution in [3.05, 3.63) is 62.9 Å². The van der Waals surface area contributed by atoms with Gasteiger partial charge in [-0.25, -0.2) is 4.98 Å². The van der Waals surface area contributed by atoms with Crippen LogP contribution in [0.3, 0.4) is 0 Å². The van der Waals surface area contributed by atoms with Gasteiger partial charge >= 0.3 is 0 Å². The summed E-state index contributed by atoms with van der Waals surface area (Å²) in [6.07, 6.45) is 0. The molecule has 0 saturated heterocycles. The molecule has 2 heterocycles. The highest BCUT2D eigenvalue weighted by Crippen LogP contribution is 2.18. The van der Waals surface area contributed by atoms with Gasteiger partial charge in [0, 0.05) is 15.8 Å². The van der Waals surface area contributed by atoms with E-state index in [2.05, 4.69) is 16.4 Å². The molecule has 0 spiro atoms. The zero-order valence-corrected chi connectivity index (χ0v) is 13.0. The predicted octanol–water partition coefficient (Wildman–Crippen LogP) is 4.19. The molecule has 0 radical (unpaired) electrons. The first-order valence-electron chi connectivity index (χ1n) is 6.51. The van der Waals surface area contributed by atoms with E-state index in [1.165, 1.54) is 10.4 Å². The van der Waals surface area contributed by atoms with Gasteiger partial charge in [0.15, 0.2) is 0 Å². The third-order valence-corrected chi connectivity index (χ3v) is 4.53. The molecule has 0 saturated carbocycles. The van der Waals surface area contributed by atoms with Gasteiger partial charge in [0.2, 0.25) is 0 Å². The van der Waals surface area contributed by atoms with Gasteiger partial charge in [-0.1, -0.05) is 11.6 Å². The lowest BCUT2D eigenvalue weighted by molar-refractivity contribution is 0.0951. The summed E-state index contributed by atoms with van der Waals surface area (Å²) in [5.41, 5.74) is 2.62. The van der Waals surface area contributed by atoms with Crippen LogP contribution in [0.15, 0.2) is 41.8 Å². The van der Waals surface area contributed by atoms with Gasteiger partial charge in [-0.15, -0.1) is 11.3 Å². The average Bonchev–Trinajstić information content (AvgIpc) is 2.89. The van der Waals surface area contributed by atoms with E-state index < -0.39 is 0 Å². The van der Waals surface area contributed by atoms with Gasteiger partial charge < -0.3 is 5.32 Å². The topological polar surface area (TPSA) is 42.0 Å². The summed E-state index contributed by atoms with van der Waals surface area (Å²) in [5, 5.41) is 6.33. The number of thiophene rings is 1. The molecule has 106 valence electrons. The quantitative estimate of drug-likeness (QED) is 0.736. The summed E-state index contributed by atoms with van der Waals surface area (Å²) in [5.74, 6) is -0.0837. The molecule has 3 rings (SSSR count). The van der Waals surface area contributed by atoms with Crippen LogP contribution in [0.5, 0.6) is 0 Å². The zero-order chi connectivity index (χ0) is 14.8. The van der Waals surface area contributed by atoms with Crippen LogP contribution in [0.2, 0.25) is 5.15 Å². The lowest BCUT2D eigenvalue weighted by Crippen LogP contribution is -2.22. The van der Waals surface area contributed by atoms with Crippen molar-refractivity contribution in [2.24, 2.45) is 0 Å². The van der Waals surface area contributed by atoms with Crippen molar-refractivity contribution >= 4 is 39.7 Å². The second-order valence-corrected chi connectivity index (χ2v) is 6.14. The molecule has 2 aromatic heterocycles. The third-order valence-electron chi connectivity index (χ3n) is 3.30. The largest absolute Gasteiger partial charge is 0.347 e. The van der Waals surface area contributed by atoms with Crippen LogP contribution < -0.4 is 5.32 Å². The van der Waals surface area contributed by atoms with Crippen LogP contribution in [0.25, 0.3) is 10.9 Å². The molecule has 0 fully saturated rings. The molecule has 21 heavy (non-hydrogen) atoms. The van der Waals surface area contributed by atoms with E-state index in [9.17, 15) is 4.79 Å². The Morgan fingerprint density at radius 3 is 2.90 bits per heavy atom. The zero-order valence-electron chi connectivity index (χ0n) is 11.4. The Morgan fingerprint density at radius 1 is 1.29 bits per heavy atom.